The Bertz CT molecular complexity index is 525. The third kappa shape index (κ3) is 2.21. The molecule has 0 spiro atoms. The van der Waals surface area contributed by atoms with E-state index in [1.165, 1.54) is 5.56 Å². The summed E-state index contributed by atoms with van der Waals surface area (Å²) in [5.74, 6) is 1.84. The van der Waals surface area contributed by atoms with Crippen molar-refractivity contribution in [3.63, 3.8) is 0 Å². The Hall–Kier alpha value is -1.54. The first-order chi connectivity index (χ1) is 8.43. The molecule has 0 aliphatic carbocycles. The zero-order valence-electron chi connectivity index (χ0n) is 11.5. The van der Waals surface area contributed by atoms with Crippen molar-refractivity contribution in [3.8, 4) is 0 Å². The highest BCUT2D eigenvalue weighted by molar-refractivity contribution is 5.33. The summed E-state index contributed by atoms with van der Waals surface area (Å²) in [4.78, 5) is 0. The van der Waals surface area contributed by atoms with Crippen LogP contribution in [0.2, 0.25) is 0 Å². The van der Waals surface area contributed by atoms with Crippen LogP contribution in [0.1, 0.15) is 42.5 Å². The number of furan rings is 1. The zero-order valence-corrected chi connectivity index (χ0v) is 11.5. The number of benzene rings is 1. The van der Waals surface area contributed by atoms with E-state index < -0.39 is 0 Å². The van der Waals surface area contributed by atoms with Crippen LogP contribution in [0.5, 0.6) is 0 Å². The first kappa shape index (κ1) is 12.9. The lowest BCUT2D eigenvalue weighted by atomic mass is 9.75. The lowest BCUT2D eigenvalue weighted by molar-refractivity contribution is 0.411. The van der Waals surface area contributed by atoms with E-state index in [4.69, 9.17) is 10.2 Å². The average molecular weight is 243 g/mol. The van der Waals surface area contributed by atoms with Gasteiger partial charge in [-0.1, -0.05) is 44.2 Å². The van der Waals surface area contributed by atoms with Crippen molar-refractivity contribution >= 4 is 0 Å². The summed E-state index contributed by atoms with van der Waals surface area (Å²) < 4.78 is 5.59. The summed E-state index contributed by atoms with van der Waals surface area (Å²) in [6.07, 6.45) is 0. The molecule has 1 unspecified atom stereocenters. The SMILES string of the molecule is Cc1cc(C(N)C(C)(C)c2ccccc2)c(C)o1. The first-order valence-corrected chi connectivity index (χ1v) is 6.31. The summed E-state index contributed by atoms with van der Waals surface area (Å²) in [5, 5.41) is 0. The Balaban J connectivity index is 2.39. The molecule has 0 aliphatic heterocycles. The van der Waals surface area contributed by atoms with Gasteiger partial charge in [-0.05, 0) is 25.5 Å². The molecule has 1 atom stereocenters. The van der Waals surface area contributed by atoms with Crippen molar-refractivity contribution < 1.29 is 4.42 Å². The molecule has 96 valence electrons. The molecular weight excluding hydrogens is 222 g/mol. The number of nitrogens with two attached hydrogens (primary N) is 1. The largest absolute Gasteiger partial charge is 0.466 e. The number of hydrogen-bond acceptors (Lipinski definition) is 2. The van der Waals surface area contributed by atoms with E-state index in [1.54, 1.807) is 0 Å². The minimum absolute atomic E-state index is 0.0719. The summed E-state index contributed by atoms with van der Waals surface area (Å²) in [5.41, 5.74) is 8.68. The highest BCUT2D eigenvalue weighted by Crippen LogP contribution is 2.37. The molecule has 0 radical (unpaired) electrons. The van der Waals surface area contributed by atoms with Gasteiger partial charge in [0.15, 0.2) is 0 Å². The van der Waals surface area contributed by atoms with Crippen molar-refractivity contribution in [2.45, 2.75) is 39.2 Å². The molecule has 18 heavy (non-hydrogen) atoms. The smallest absolute Gasteiger partial charge is 0.105 e. The predicted molar refractivity (Wildman–Crippen MR) is 74.6 cm³/mol. The molecule has 0 amide bonds. The lowest BCUT2D eigenvalue weighted by Crippen LogP contribution is -2.33. The first-order valence-electron chi connectivity index (χ1n) is 6.31. The van der Waals surface area contributed by atoms with Gasteiger partial charge in [0.05, 0.1) is 0 Å². The van der Waals surface area contributed by atoms with E-state index in [9.17, 15) is 0 Å². The molecule has 0 saturated heterocycles. The monoisotopic (exact) mass is 243 g/mol. The van der Waals surface area contributed by atoms with Crippen LogP contribution in [0, 0.1) is 13.8 Å². The van der Waals surface area contributed by atoms with E-state index in [-0.39, 0.29) is 11.5 Å². The fraction of sp³-hybridized carbons (Fsp3) is 0.375. The second-order valence-corrected chi connectivity index (χ2v) is 5.43. The van der Waals surface area contributed by atoms with Crippen molar-refractivity contribution in [2.24, 2.45) is 5.73 Å². The average Bonchev–Trinajstić information content (AvgIpc) is 2.68. The molecule has 2 heteroatoms. The van der Waals surface area contributed by atoms with Gasteiger partial charge in [-0.15, -0.1) is 0 Å². The third-order valence-corrected chi connectivity index (χ3v) is 3.71. The summed E-state index contributed by atoms with van der Waals surface area (Å²) in [7, 11) is 0. The Kier molecular flexibility index (Phi) is 3.31. The normalized spacial score (nSPS) is 13.6. The van der Waals surface area contributed by atoms with Crippen molar-refractivity contribution in [3.05, 3.63) is 59.0 Å². The minimum Gasteiger partial charge on any atom is -0.466 e. The van der Waals surface area contributed by atoms with Gasteiger partial charge in [0, 0.05) is 17.0 Å². The molecular formula is C16H21NO. The fourth-order valence-electron chi connectivity index (χ4n) is 2.40. The fourth-order valence-corrected chi connectivity index (χ4v) is 2.40. The lowest BCUT2D eigenvalue weighted by Gasteiger charge is -2.32. The van der Waals surface area contributed by atoms with Gasteiger partial charge in [0.2, 0.25) is 0 Å². The van der Waals surface area contributed by atoms with E-state index >= 15 is 0 Å². The minimum atomic E-state index is -0.123. The van der Waals surface area contributed by atoms with Gasteiger partial charge in [-0.2, -0.15) is 0 Å². The highest BCUT2D eigenvalue weighted by atomic mass is 16.3. The van der Waals surface area contributed by atoms with Gasteiger partial charge in [-0.3, -0.25) is 0 Å². The second kappa shape index (κ2) is 4.62. The Morgan fingerprint density at radius 1 is 1.11 bits per heavy atom. The quantitative estimate of drug-likeness (QED) is 0.888. The van der Waals surface area contributed by atoms with E-state index in [0.717, 1.165) is 17.1 Å². The maximum atomic E-state index is 6.46. The summed E-state index contributed by atoms with van der Waals surface area (Å²) >= 11 is 0. The van der Waals surface area contributed by atoms with Gasteiger partial charge in [0.25, 0.3) is 0 Å². The predicted octanol–water partition coefficient (Wildman–Crippen LogP) is 3.87. The van der Waals surface area contributed by atoms with Crippen LogP contribution in [0.3, 0.4) is 0 Å². The Morgan fingerprint density at radius 2 is 1.72 bits per heavy atom. The van der Waals surface area contributed by atoms with Gasteiger partial charge in [0.1, 0.15) is 11.5 Å². The van der Waals surface area contributed by atoms with Crippen molar-refractivity contribution in [1.29, 1.82) is 0 Å². The highest BCUT2D eigenvalue weighted by Gasteiger charge is 2.31. The number of rotatable bonds is 3. The zero-order chi connectivity index (χ0) is 13.3. The van der Waals surface area contributed by atoms with Gasteiger partial charge < -0.3 is 10.2 Å². The maximum absolute atomic E-state index is 6.46. The van der Waals surface area contributed by atoms with E-state index in [1.807, 2.05) is 26.0 Å². The van der Waals surface area contributed by atoms with E-state index in [0.29, 0.717) is 0 Å². The molecule has 1 heterocycles. The number of aryl methyl sites for hydroxylation is 2. The van der Waals surface area contributed by atoms with Crippen LogP contribution in [0.15, 0.2) is 40.8 Å². The molecule has 2 N–H and O–H groups in total. The summed E-state index contributed by atoms with van der Waals surface area (Å²) in [6, 6.07) is 12.4. The maximum Gasteiger partial charge on any atom is 0.105 e. The van der Waals surface area contributed by atoms with Crippen LogP contribution in [0.4, 0.5) is 0 Å². The van der Waals surface area contributed by atoms with Crippen molar-refractivity contribution in [1.82, 2.24) is 0 Å². The topological polar surface area (TPSA) is 39.2 Å². The molecule has 1 aromatic heterocycles. The molecule has 2 nitrogen and oxygen atoms in total. The summed E-state index contributed by atoms with van der Waals surface area (Å²) in [6.45, 7) is 8.28. The van der Waals surface area contributed by atoms with Crippen LogP contribution in [-0.4, -0.2) is 0 Å². The molecule has 0 fully saturated rings. The molecule has 0 saturated carbocycles. The molecule has 2 rings (SSSR count). The molecule has 0 aliphatic rings. The molecule has 0 bridgehead atoms. The standard InChI is InChI=1S/C16H21NO/c1-11-10-14(12(2)18-11)15(17)16(3,4)13-8-6-5-7-9-13/h5-10,15H,17H2,1-4H3. The molecule has 2 aromatic rings. The van der Waals surface area contributed by atoms with Crippen molar-refractivity contribution in [2.75, 3.05) is 0 Å². The Labute approximate surface area is 109 Å². The number of hydrogen-bond donors (Lipinski definition) is 1. The van der Waals surface area contributed by atoms with Gasteiger partial charge in [-0.25, -0.2) is 0 Å². The van der Waals surface area contributed by atoms with Crippen LogP contribution in [0.25, 0.3) is 0 Å². The van der Waals surface area contributed by atoms with Crippen LogP contribution in [-0.2, 0) is 5.41 Å². The van der Waals surface area contributed by atoms with E-state index in [2.05, 4.69) is 38.1 Å². The molecule has 1 aromatic carbocycles. The third-order valence-electron chi connectivity index (χ3n) is 3.71. The van der Waals surface area contributed by atoms with Crippen LogP contribution >= 0.6 is 0 Å². The Morgan fingerprint density at radius 3 is 2.22 bits per heavy atom. The van der Waals surface area contributed by atoms with Crippen LogP contribution < -0.4 is 5.73 Å². The second-order valence-electron chi connectivity index (χ2n) is 5.43. The van der Waals surface area contributed by atoms with Gasteiger partial charge >= 0.3 is 0 Å².